The molecule has 1 saturated heterocycles. The first-order valence-corrected chi connectivity index (χ1v) is 8.94. The van der Waals surface area contributed by atoms with E-state index in [1.54, 1.807) is 7.11 Å². The predicted octanol–water partition coefficient (Wildman–Crippen LogP) is 3.54. The average Bonchev–Trinajstić information content (AvgIpc) is 2.85. The molecule has 0 atom stereocenters. The van der Waals surface area contributed by atoms with Gasteiger partial charge in [0.15, 0.2) is 0 Å². The zero-order valence-corrected chi connectivity index (χ0v) is 14.0. The van der Waals surface area contributed by atoms with Gasteiger partial charge in [0.05, 0.1) is 7.11 Å². The first-order valence-electron chi connectivity index (χ1n) is 8.94. The third kappa shape index (κ3) is 4.23. The number of nitrogens with zero attached hydrogens (tertiary/aromatic N) is 2. The van der Waals surface area contributed by atoms with Gasteiger partial charge in [-0.2, -0.15) is 0 Å². The van der Waals surface area contributed by atoms with Crippen molar-refractivity contribution >= 4 is 0 Å². The summed E-state index contributed by atoms with van der Waals surface area (Å²) >= 11 is 0. The summed E-state index contributed by atoms with van der Waals surface area (Å²) in [5.74, 6) is 0.967. The molecule has 0 N–H and O–H groups in total. The molecule has 3 rings (SSSR count). The van der Waals surface area contributed by atoms with E-state index in [0.29, 0.717) is 0 Å². The number of hydrogen-bond acceptors (Lipinski definition) is 3. The Bertz CT molecular complexity index is 447. The molecule has 3 nitrogen and oxygen atoms in total. The highest BCUT2D eigenvalue weighted by molar-refractivity contribution is 5.28. The van der Waals surface area contributed by atoms with Crippen molar-refractivity contribution < 1.29 is 4.74 Å². The molecular formula is C19H30N2O. The smallest absolute Gasteiger partial charge is 0.119 e. The molecule has 1 aromatic rings. The Morgan fingerprint density at radius 3 is 2.41 bits per heavy atom. The molecule has 0 bridgehead atoms. The van der Waals surface area contributed by atoms with Crippen molar-refractivity contribution in [1.29, 1.82) is 0 Å². The second-order valence-electron chi connectivity index (χ2n) is 6.81. The van der Waals surface area contributed by atoms with Crippen molar-refractivity contribution in [3.8, 4) is 5.75 Å². The molecule has 1 aliphatic carbocycles. The van der Waals surface area contributed by atoms with Crippen LogP contribution in [0.15, 0.2) is 24.3 Å². The lowest BCUT2D eigenvalue weighted by Gasteiger charge is -2.39. The van der Waals surface area contributed by atoms with Crippen molar-refractivity contribution in [2.75, 3.05) is 33.3 Å². The highest BCUT2D eigenvalue weighted by Crippen LogP contribution is 2.23. The van der Waals surface area contributed by atoms with Crippen LogP contribution in [-0.4, -0.2) is 49.1 Å². The third-order valence-corrected chi connectivity index (χ3v) is 5.29. The van der Waals surface area contributed by atoms with E-state index in [4.69, 9.17) is 4.74 Å². The summed E-state index contributed by atoms with van der Waals surface area (Å²) < 4.78 is 5.33. The summed E-state index contributed by atoms with van der Waals surface area (Å²) in [6, 6.07) is 9.35. The van der Waals surface area contributed by atoms with E-state index in [0.717, 1.165) is 18.3 Å². The van der Waals surface area contributed by atoms with Gasteiger partial charge in [-0.3, -0.25) is 9.80 Å². The zero-order chi connectivity index (χ0) is 15.2. The van der Waals surface area contributed by atoms with Gasteiger partial charge in [-0.05, 0) is 30.5 Å². The number of hydrogen-bond donors (Lipinski definition) is 0. The van der Waals surface area contributed by atoms with Crippen LogP contribution in [0, 0.1) is 0 Å². The fourth-order valence-corrected chi connectivity index (χ4v) is 3.94. The maximum atomic E-state index is 5.33. The second kappa shape index (κ2) is 7.98. The van der Waals surface area contributed by atoms with E-state index in [2.05, 4.69) is 28.0 Å². The lowest BCUT2D eigenvalue weighted by atomic mass is 10.1. The van der Waals surface area contributed by atoms with Crippen LogP contribution in [0.25, 0.3) is 0 Å². The van der Waals surface area contributed by atoms with E-state index in [1.165, 1.54) is 70.3 Å². The molecule has 2 fully saturated rings. The molecular weight excluding hydrogens is 272 g/mol. The molecule has 1 aliphatic heterocycles. The maximum absolute atomic E-state index is 5.33. The van der Waals surface area contributed by atoms with Crippen molar-refractivity contribution in [2.24, 2.45) is 0 Å². The van der Waals surface area contributed by atoms with Crippen LogP contribution in [0.5, 0.6) is 5.75 Å². The molecule has 0 spiro atoms. The molecule has 22 heavy (non-hydrogen) atoms. The first kappa shape index (κ1) is 15.8. The number of methoxy groups -OCH3 is 1. The van der Waals surface area contributed by atoms with E-state index < -0.39 is 0 Å². The minimum Gasteiger partial charge on any atom is -0.497 e. The maximum Gasteiger partial charge on any atom is 0.119 e. The van der Waals surface area contributed by atoms with Crippen LogP contribution in [0.1, 0.15) is 44.1 Å². The summed E-state index contributed by atoms with van der Waals surface area (Å²) in [6.45, 7) is 5.94. The second-order valence-corrected chi connectivity index (χ2v) is 6.81. The van der Waals surface area contributed by atoms with Gasteiger partial charge in [-0.25, -0.2) is 0 Å². The zero-order valence-electron chi connectivity index (χ0n) is 14.0. The van der Waals surface area contributed by atoms with Gasteiger partial charge in [0.2, 0.25) is 0 Å². The Morgan fingerprint density at radius 1 is 1.00 bits per heavy atom. The molecule has 0 aromatic heterocycles. The highest BCUT2D eigenvalue weighted by atomic mass is 16.5. The fraction of sp³-hybridized carbons (Fsp3) is 0.684. The van der Waals surface area contributed by atoms with Crippen molar-refractivity contribution in [3.05, 3.63) is 29.8 Å². The van der Waals surface area contributed by atoms with Gasteiger partial charge in [0.25, 0.3) is 0 Å². The molecule has 122 valence electrons. The molecule has 2 aliphatic rings. The molecule has 0 unspecified atom stereocenters. The minimum absolute atomic E-state index is 0.862. The van der Waals surface area contributed by atoms with E-state index >= 15 is 0 Å². The molecule has 0 amide bonds. The topological polar surface area (TPSA) is 15.7 Å². The number of rotatable bonds is 4. The van der Waals surface area contributed by atoms with Gasteiger partial charge in [-0.1, -0.05) is 37.8 Å². The normalized spacial score (nSPS) is 22.4. The Kier molecular flexibility index (Phi) is 5.74. The van der Waals surface area contributed by atoms with E-state index in [-0.39, 0.29) is 0 Å². The Morgan fingerprint density at radius 2 is 1.73 bits per heavy atom. The standard InChI is InChI=1S/C19H30N2O/c1-22-19-10-6-7-17(15-19)16-20-11-13-21(14-12-20)18-8-4-2-3-5-9-18/h6-7,10,15,18H,2-5,8-9,11-14,16H2,1H3. The van der Waals surface area contributed by atoms with Gasteiger partial charge in [-0.15, -0.1) is 0 Å². The molecule has 1 saturated carbocycles. The third-order valence-electron chi connectivity index (χ3n) is 5.29. The van der Waals surface area contributed by atoms with Gasteiger partial charge < -0.3 is 4.74 Å². The summed E-state index contributed by atoms with van der Waals surface area (Å²) in [5, 5.41) is 0. The average molecular weight is 302 g/mol. The monoisotopic (exact) mass is 302 g/mol. The lowest BCUT2D eigenvalue weighted by molar-refractivity contribution is 0.0851. The highest BCUT2D eigenvalue weighted by Gasteiger charge is 2.24. The van der Waals surface area contributed by atoms with Gasteiger partial charge in [0.1, 0.15) is 5.75 Å². The number of ether oxygens (including phenoxy) is 1. The summed E-state index contributed by atoms with van der Waals surface area (Å²) in [5.41, 5.74) is 1.36. The molecule has 0 radical (unpaired) electrons. The number of benzene rings is 1. The summed E-state index contributed by atoms with van der Waals surface area (Å²) in [4.78, 5) is 5.34. The Hall–Kier alpha value is -1.06. The van der Waals surface area contributed by atoms with Crippen LogP contribution in [-0.2, 0) is 6.54 Å². The summed E-state index contributed by atoms with van der Waals surface area (Å²) in [7, 11) is 1.74. The van der Waals surface area contributed by atoms with Crippen molar-refractivity contribution in [3.63, 3.8) is 0 Å². The quantitative estimate of drug-likeness (QED) is 0.791. The van der Waals surface area contributed by atoms with E-state index in [1.807, 2.05) is 6.07 Å². The Balaban J connectivity index is 1.48. The fourth-order valence-electron chi connectivity index (χ4n) is 3.94. The van der Waals surface area contributed by atoms with Crippen LogP contribution in [0.4, 0.5) is 0 Å². The Labute approximate surface area is 135 Å². The van der Waals surface area contributed by atoms with Crippen molar-refractivity contribution in [2.45, 2.75) is 51.1 Å². The van der Waals surface area contributed by atoms with Crippen LogP contribution >= 0.6 is 0 Å². The SMILES string of the molecule is COc1cccc(CN2CCN(C3CCCCCC3)CC2)c1. The molecule has 1 aromatic carbocycles. The van der Waals surface area contributed by atoms with Crippen LogP contribution in [0.3, 0.4) is 0 Å². The first-order chi connectivity index (χ1) is 10.8. The predicted molar refractivity (Wildman–Crippen MR) is 91.3 cm³/mol. The van der Waals surface area contributed by atoms with Crippen LogP contribution in [0.2, 0.25) is 0 Å². The van der Waals surface area contributed by atoms with E-state index in [9.17, 15) is 0 Å². The lowest BCUT2D eigenvalue weighted by Crippen LogP contribution is -2.49. The van der Waals surface area contributed by atoms with Crippen molar-refractivity contribution in [1.82, 2.24) is 9.80 Å². The largest absolute Gasteiger partial charge is 0.497 e. The number of piperazine rings is 1. The van der Waals surface area contributed by atoms with Gasteiger partial charge >= 0.3 is 0 Å². The van der Waals surface area contributed by atoms with Gasteiger partial charge in [0, 0.05) is 38.8 Å². The molecule has 1 heterocycles. The summed E-state index contributed by atoms with van der Waals surface area (Å²) in [6.07, 6.45) is 8.63. The molecule has 3 heteroatoms. The minimum atomic E-state index is 0.862. The van der Waals surface area contributed by atoms with Crippen LogP contribution < -0.4 is 4.74 Å².